The average molecular weight is 230 g/mol. The molecule has 1 aromatic rings. The van der Waals surface area contributed by atoms with E-state index in [1.165, 1.54) is 50.9 Å². The van der Waals surface area contributed by atoms with Crippen molar-refractivity contribution >= 4 is 0 Å². The maximum absolute atomic E-state index is 3.77. The molecule has 17 heavy (non-hydrogen) atoms. The second kappa shape index (κ2) is 5.19. The van der Waals surface area contributed by atoms with E-state index in [0.29, 0.717) is 6.04 Å². The summed E-state index contributed by atoms with van der Waals surface area (Å²) in [5, 5.41) is 7.26. The Kier molecular flexibility index (Phi) is 3.44. The third-order valence-corrected chi connectivity index (χ3v) is 4.18. The fraction of sp³-hybridized carbons (Fsp3) is 0.600. The fourth-order valence-corrected chi connectivity index (χ4v) is 3.18. The van der Waals surface area contributed by atoms with Gasteiger partial charge in [0.2, 0.25) is 0 Å². The van der Waals surface area contributed by atoms with Crippen molar-refractivity contribution in [2.24, 2.45) is 5.92 Å². The molecule has 2 nitrogen and oxygen atoms in total. The molecule has 1 heterocycles. The van der Waals surface area contributed by atoms with Crippen LogP contribution in [0.5, 0.6) is 0 Å². The zero-order valence-electron chi connectivity index (χ0n) is 10.4. The molecule has 0 radical (unpaired) electrons. The molecular formula is C15H22N2. The lowest BCUT2D eigenvalue weighted by Gasteiger charge is -2.25. The first-order valence-electron chi connectivity index (χ1n) is 6.95. The Morgan fingerprint density at radius 1 is 1.24 bits per heavy atom. The highest BCUT2D eigenvalue weighted by Gasteiger charge is 2.22. The van der Waals surface area contributed by atoms with Crippen molar-refractivity contribution in [2.75, 3.05) is 19.6 Å². The van der Waals surface area contributed by atoms with Crippen LogP contribution in [0.3, 0.4) is 0 Å². The Bertz CT molecular complexity index is 369. The molecule has 0 bridgehead atoms. The third kappa shape index (κ3) is 2.53. The molecule has 1 aliphatic carbocycles. The molecule has 2 atom stereocenters. The van der Waals surface area contributed by atoms with E-state index in [-0.39, 0.29) is 0 Å². The standard InChI is InChI=1S/C15H22N2/c1-2-6-14-13(5-1)7-8-15(14)17-11-12-4-3-9-16-10-12/h1-2,5-6,12,15-17H,3-4,7-11H2. The summed E-state index contributed by atoms with van der Waals surface area (Å²) in [6.45, 7) is 3.58. The fourth-order valence-electron chi connectivity index (χ4n) is 3.18. The van der Waals surface area contributed by atoms with Gasteiger partial charge in [0.25, 0.3) is 0 Å². The van der Waals surface area contributed by atoms with Gasteiger partial charge in [-0.2, -0.15) is 0 Å². The van der Waals surface area contributed by atoms with Gasteiger partial charge in [-0.1, -0.05) is 24.3 Å². The summed E-state index contributed by atoms with van der Waals surface area (Å²) in [5.41, 5.74) is 3.09. The normalized spacial score (nSPS) is 28.0. The summed E-state index contributed by atoms with van der Waals surface area (Å²) in [6, 6.07) is 9.50. The van der Waals surface area contributed by atoms with Gasteiger partial charge >= 0.3 is 0 Å². The van der Waals surface area contributed by atoms with Gasteiger partial charge in [-0.3, -0.25) is 0 Å². The second-order valence-corrected chi connectivity index (χ2v) is 5.41. The van der Waals surface area contributed by atoms with Crippen LogP contribution < -0.4 is 10.6 Å². The van der Waals surface area contributed by atoms with Crippen molar-refractivity contribution < 1.29 is 0 Å². The van der Waals surface area contributed by atoms with Crippen molar-refractivity contribution in [3.05, 3.63) is 35.4 Å². The highest BCUT2D eigenvalue weighted by atomic mass is 14.9. The molecule has 2 N–H and O–H groups in total. The SMILES string of the molecule is c1ccc2c(c1)CCC2NCC1CCCNC1. The smallest absolute Gasteiger partial charge is 0.0326 e. The second-order valence-electron chi connectivity index (χ2n) is 5.41. The first-order valence-corrected chi connectivity index (χ1v) is 6.95. The van der Waals surface area contributed by atoms with Gasteiger partial charge in [0.15, 0.2) is 0 Å². The molecule has 2 unspecified atom stereocenters. The lowest BCUT2D eigenvalue weighted by molar-refractivity contribution is 0.343. The summed E-state index contributed by atoms with van der Waals surface area (Å²) in [7, 11) is 0. The summed E-state index contributed by atoms with van der Waals surface area (Å²) < 4.78 is 0. The quantitative estimate of drug-likeness (QED) is 0.832. The molecule has 92 valence electrons. The molecule has 3 rings (SSSR count). The maximum atomic E-state index is 3.77. The minimum atomic E-state index is 0.605. The van der Waals surface area contributed by atoms with Gasteiger partial charge in [-0.05, 0) is 62.4 Å². The van der Waals surface area contributed by atoms with Gasteiger partial charge in [0.05, 0.1) is 0 Å². The average Bonchev–Trinajstić information content (AvgIpc) is 2.81. The number of rotatable bonds is 3. The van der Waals surface area contributed by atoms with E-state index in [4.69, 9.17) is 0 Å². The van der Waals surface area contributed by atoms with Crippen molar-refractivity contribution in [1.82, 2.24) is 10.6 Å². The Morgan fingerprint density at radius 2 is 2.18 bits per heavy atom. The summed E-state index contributed by atoms with van der Waals surface area (Å²) in [4.78, 5) is 0. The molecule has 0 saturated carbocycles. The lowest BCUT2D eigenvalue weighted by Crippen LogP contribution is -2.36. The molecule has 1 aliphatic heterocycles. The van der Waals surface area contributed by atoms with Crippen LogP contribution >= 0.6 is 0 Å². The Labute approximate surface area is 104 Å². The monoisotopic (exact) mass is 230 g/mol. The highest BCUT2D eigenvalue weighted by Crippen LogP contribution is 2.30. The predicted molar refractivity (Wildman–Crippen MR) is 71.1 cm³/mol. The highest BCUT2D eigenvalue weighted by molar-refractivity contribution is 5.34. The molecule has 1 aromatic carbocycles. The Balaban J connectivity index is 1.56. The van der Waals surface area contributed by atoms with E-state index in [2.05, 4.69) is 34.9 Å². The molecule has 2 heteroatoms. The molecule has 1 saturated heterocycles. The molecule has 2 aliphatic rings. The number of nitrogens with one attached hydrogen (secondary N) is 2. The van der Waals surface area contributed by atoms with E-state index in [0.717, 1.165) is 5.92 Å². The van der Waals surface area contributed by atoms with E-state index < -0.39 is 0 Å². The number of aryl methyl sites for hydroxylation is 1. The number of benzene rings is 1. The third-order valence-electron chi connectivity index (χ3n) is 4.18. The molecule has 0 aromatic heterocycles. The molecule has 0 amide bonds. The Hall–Kier alpha value is -0.860. The van der Waals surface area contributed by atoms with Crippen molar-refractivity contribution in [2.45, 2.75) is 31.7 Å². The topological polar surface area (TPSA) is 24.1 Å². The molecular weight excluding hydrogens is 208 g/mol. The van der Waals surface area contributed by atoms with Crippen molar-refractivity contribution in [3.63, 3.8) is 0 Å². The van der Waals surface area contributed by atoms with Crippen LogP contribution in [-0.4, -0.2) is 19.6 Å². The van der Waals surface area contributed by atoms with Gasteiger partial charge in [0.1, 0.15) is 0 Å². The summed E-state index contributed by atoms with van der Waals surface area (Å²) in [6.07, 6.45) is 5.25. The van der Waals surface area contributed by atoms with Gasteiger partial charge in [-0.15, -0.1) is 0 Å². The van der Waals surface area contributed by atoms with Gasteiger partial charge < -0.3 is 10.6 Å². The molecule has 1 fully saturated rings. The summed E-state index contributed by atoms with van der Waals surface area (Å²) in [5.74, 6) is 0.830. The van der Waals surface area contributed by atoms with Crippen LogP contribution in [0, 0.1) is 5.92 Å². The molecule has 0 spiro atoms. The van der Waals surface area contributed by atoms with E-state index in [1.54, 1.807) is 5.56 Å². The first-order chi connectivity index (χ1) is 8.43. The van der Waals surface area contributed by atoms with Crippen LogP contribution in [0.25, 0.3) is 0 Å². The van der Waals surface area contributed by atoms with E-state index in [1.807, 2.05) is 0 Å². The minimum absolute atomic E-state index is 0.605. The van der Waals surface area contributed by atoms with E-state index in [9.17, 15) is 0 Å². The number of hydrogen-bond donors (Lipinski definition) is 2. The number of hydrogen-bond acceptors (Lipinski definition) is 2. The van der Waals surface area contributed by atoms with Gasteiger partial charge in [0, 0.05) is 6.04 Å². The van der Waals surface area contributed by atoms with Crippen LogP contribution in [0.4, 0.5) is 0 Å². The predicted octanol–water partition coefficient (Wildman–Crippen LogP) is 2.26. The number of fused-ring (bicyclic) bond motifs is 1. The first kappa shape index (κ1) is 11.2. The number of piperidine rings is 1. The Morgan fingerprint density at radius 3 is 3.06 bits per heavy atom. The van der Waals surface area contributed by atoms with Crippen LogP contribution in [0.2, 0.25) is 0 Å². The van der Waals surface area contributed by atoms with Crippen LogP contribution in [0.1, 0.15) is 36.4 Å². The largest absolute Gasteiger partial charge is 0.316 e. The maximum Gasteiger partial charge on any atom is 0.0326 e. The minimum Gasteiger partial charge on any atom is -0.316 e. The van der Waals surface area contributed by atoms with Crippen molar-refractivity contribution in [3.8, 4) is 0 Å². The van der Waals surface area contributed by atoms with Crippen molar-refractivity contribution in [1.29, 1.82) is 0 Å². The van der Waals surface area contributed by atoms with Gasteiger partial charge in [-0.25, -0.2) is 0 Å². The zero-order chi connectivity index (χ0) is 11.5. The lowest BCUT2D eigenvalue weighted by atomic mass is 9.99. The zero-order valence-corrected chi connectivity index (χ0v) is 10.4. The van der Waals surface area contributed by atoms with Crippen LogP contribution in [-0.2, 0) is 6.42 Å². The summed E-state index contributed by atoms with van der Waals surface area (Å²) >= 11 is 0. The van der Waals surface area contributed by atoms with E-state index >= 15 is 0 Å². The van der Waals surface area contributed by atoms with Crippen LogP contribution in [0.15, 0.2) is 24.3 Å².